The molecule has 2 heterocycles. The van der Waals surface area contributed by atoms with Crippen molar-refractivity contribution in [2.24, 2.45) is 5.73 Å². The van der Waals surface area contributed by atoms with E-state index in [4.69, 9.17) is 5.73 Å². The largest absolute Gasteiger partial charge is 0.469 e. The maximum absolute atomic E-state index is 12.3. The number of methoxy groups -OCH3 is 1. The molecule has 2 unspecified atom stereocenters. The van der Waals surface area contributed by atoms with E-state index in [0.29, 0.717) is 0 Å². The van der Waals surface area contributed by atoms with Crippen LogP contribution in [0.25, 0.3) is 0 Å². The number of hydrogen-bond acceptors (Lipinski definition) is 5. The number of sulfonamides is 1. The maximum Gasteiger partial charge on any atom is 0.306 e. The average Bonchev–Trinajstić information content (AvgIpc) is 2.60. The zero-order valence-corrected chi connectivity index (χ0v) is 11.4. The second kappa shape index (κ2) is 5.14. The maximum atomic E-state index is 12.3. The van der Waals surface area contributed by atoms with Gasteiger partial charge in [0.15, 0.2) is 0 Å². The Morgan fingerprint density at radius 2 is 1.89 bits per heavy atom. The number of fused-ring (bicyclic) bond motifs is 2. The minimum absolute atomic E-state index is 0.0291. The van der Waals surface area contributed by atoms with Gasteiger partial charge >= 0.3 is 5.97 Å². The Morgan fingerprint density at radius 1 is 1.33 bits per heavy atom. The van der Waals surface area contributed by atoms with Crippen LogP contribution in [0, 0.1) is 0 Å². The van der Waals surface area contributed by atoms with Crippen LogP contribution in [0.3, 0.4) is 0 Å². The van der Waals surface area contributed by atoms with Gasteiger partial charge in [-0.2, -0.15) is 4.31 Å². The lowest BCUT2D eigenvalue weighted by Gasteiger charge is -2.36. The molecule has 18 heavy (non-hydrogen) atoms. The molecule has 2 bridgehead atoms. The molecule has 0 aliphatic carbocycles. The van der Waals surface area contributed by atoms with Crippen molar-refractivity contribution in [3.05, 3.63) is 0 Å². The molecule has 2 aliphatic heterocycles. The van der Waals surface area contributed by atoms with Crippen LogP contribution in [0.1, 0.15) is 32.1 Å². The van der Waals surface area contributed by atoms with Crippen LogP contribution < -0.4 is 5.73 Å². The van der Waals surface area contributed by atoms with E-state index in [0.717, 1.165) is 25.7 Å². The molecule has 2 saturated heterocycles. The summed E-state index contributed by atoms with van der Waals surface area (Å²) in [5.74, 6) is -0.651. The Hall–Kier alpha value is -0.660. The van der Waals surface area contributed by atoms with Crippen molar-refractivity contribution in [2.75, 3.05) is 12.9 Å². The number of ether oxygens (including phenoxy) is 1. The van der Waals surface area contributed by atoms with Gasteiger partial charge in [-0.05, 0) is 25.7 Å². The van der Waals surface area contributed by atoms with E-state index in [9.17, 15) is 13.2 Å². The highest BCUT2D eigenvalue weighted by Crippen LogP contribution is 2.37. The molecule has 2 N–H and O–H groups in total. The fraction of sp³-hybridized carbons (Fsp3) is 0.909. The first-order valence-electron chi connectivity index (χ1n) is 6.27. The Balaban J connectivity index is 2.04. The quantitative estimate of drug-likeness (QED) is 0.720. The van der Waals surface area contributed by atoms with Gasteiger partial charge in [-0.1, -0.05) is 0 Å². The highest BCUT2D eigenvalue weighted by molar-refractivity contribution is 7.89. The third kappa shape index (κ3) is 2.67. The van der Waals surface area contributed by atoms with Crippen LogP contribution in [0.15, 0.2) is 0 Å². The summed E-state index contributed by atoms with van der Waals surface area (Å²) in [5, 5.41) is 0. The molecule has 7 heteroatoms. The number of esters is 1. The second-order valence-electron chi connectivity index (χ2n) is 5.09. The van der Waals surface area contributed by atoms with Crippen molar-refractivity contribution in [1.82, 2.24) is 4.31 Å². The molecular weight excluding hydrogens is 256 g/mol. The lowest BCUT2D eigenvalue weighted by molar-refractivity contribution is -0.140. The fourth-order valence-corrected chi connectivity index (χ4v) is 4.98. The lowest BCUT2D eigenvalue weighted by atomic mass is 10.0. The topological polar surface area (TPSA) is 89.7 Å². The van der Waals surface area contributed by atoms with Gasteiger partial charge in [0.2, 0.25) is 10.0 Å². The Bertz CT molecular complexity index is 409. The smallest absolute Gasteiger partial charge is 0.306 e. The first kappa shape index (κ1) is 13.8. The average molecular weight is 276 g/mol. The third-order valence-corrected chi connectivity index (χ3v) is 5.77. The molecule has 0 aromatic rings. The molecule has 2 fully saturated rings. The standard InChI is InChI=1S/C11H20N2O4S/c1-17-11(14)4-5-18(15,16)13-9-2-3-10(13)7-8(12)6-9/h8-10H,2-7,12H2,1H3. The molecular formula is C11H20N2O4S. The van der Waals surface area contributed by atoms with Crippen LogP contribution in [0.2, 0.25) is 0 Å². The summed E-state index contributed by atoms with van der Waals surface area (Å²) in [6.07, 6.45) is 3.15. The summed E-state index contributed by atoms with van der Waals surface area (Å²) >= 11 is 0. The van der Waals surface area contributed by atoms with Crippen molar-refractivity contribution in [3.63, 3.8) is 0 Å². The van der Waals surface area contributed by atoms with E-state index in [1.165, 1.54) is 7.11 Å². The van der Waals surface area contributed by atoms with Gasteiger partial charge in [-0.3, -0.25) is 4.79 Å². The Labute approximate surface area is 108 Å². The summed E-state index contributed by atoms with van der Waals surface area (Å²) < 4.78 is 30.6. The van der Waals surface area contributed by atoms with E-state index in [2.05, 4.69) is 4.74 Å². The highest BCUT2D eigenvalue weighted by atomic mass is 32.2. The minimum atomic E-state index is -3.37. The van der Waals surface area contributed by atoms with E-state index < -0.39 is 16.0 Å². The van der Waals surface area contributed by atoms with Crippen LogP contribution in [0.5, 0.6) is 0 Å². The molecule has 0 radical (unpaired) electrons. The van der Waals surface area contributed by atoms with Crippen molar-refractivity contribution < 1.29 is 17.9 Å². The molecule has 0 amide bonds. The molecule has 2 aliphatic rings. The van der Waals surface area contributed by atoms with Gasteiger partial charge in [-0.25, -0.2) is 8.42 Å². The monoisotopic (exact) mass is 276 g/mol. The first-order chi connectivity index (χ1) is 8.44. The Morgan fingerprint density at radius 3 is 2.39 bits per heavy atom. The normalized spacial score (nSPS) is 32.4. The van der Waals surface area contributed by atoms with Gasteiger partial charge in [0, 0.05) is 18.1 Å². The molecule has 0 saturated carbocycles. The first-order valence-corrected chi connectivity index (χ1v) is 7.88. The van der Waals surface area contributed by atoms with Gasteiger partial charge in [0.05, 0.1) is 19.3 Å². The highest BCUT2D eigenvalue weighted by Gasteiger charge is 2.45. The molecule has 2 atom stereocenters. The van der Waals surface area contributed by atoms with Crippen molar-refractivity contribution in [1.29, 1.82) is 0 Å². The van der Waals surface area contributed by atoms with E-state index in [1.54, 1.807) is 4.31 Å². The number of rotatable bonds is 4. The summed E-state index contributed by atoms with van der Waals surface area (Å²) in [6, 6.07) is 0.164. The molecule has 2 rings (SSSR count). The second-order valence-corrected chi connectivity index (χ2v) is 7.08. The molecule has 104 valence electrons. The summed E-state index contributed by atoms with van der Waals surface area (Å²) in [5.41, 5.74) is 5.91. The third-order valence-electron chi connectivity index (χ3n) is 3.82. The van der Waals surface area contributed by atoms with E-state index in [-0.39, 0.29) is 30.3 Å². The van der Waals surface area contributed by atoms with Gasteiger partial charge < -0.3 is 10.5 Å². The molecule has 6 nitrogen and oxygen atoms in total. The van der Waals surface area contributed by atoms with Gasteiger partial charge in [0.25, 0.3) is 0 Å². The fourth-order valence-electron chi connectivity index (χ4n) is 3.05. The molecule has 0 aromatic heterocycles. The minimum Gasteiger partial charge on any atom is -0.469 e. The zero-order chi connectivity index (χ0) is 13.3. The molecule has 0 aromatic carbocycles. The number of carbonyl (C=O) groups is 1. The number of piperidine rings is 1. The molecule has 0 spiro atoms. The number of carbonyl (C=O) groups excluding carboxylic acids is 1. The lowest BCUT2D eigenvalue weighted by Crippen LogP contribution is -2.50. The number of hydrogen-bond donors (Lipinski definition) is 1. The number of nitrogens with zero attached hydrogens (tertiary/aromatic N) is 1. The summed E-state index contributed by atoms with van der Waals surface area (Å²) in [7, 11) is -2.11. The summed E-state index contributed by atoms with van der Waals surface area (Å²) in [6.45, 7) is 0. The predicted octanol–water partition coefficient (Wildman–Crippen LogP) is -0.167. The predicted molar refractivity (Wildman–Crippen MR) is 66.3 cm³/mol. The van der Waals surface area contributed by atoms with Crippen LogP contribution in [0.4, 0.5) is 0 Å². The van der Waals surface area contributed by atoms with Gasteiger partial charge in [-0.15, -0.1) is 0 Å². The van der Waals surface area contributed by atoms with Crippen molar-refractivity contribution in [3.8, 4) is 0 Å². The van der Waals surface area contributed by atoms with Crippen LogP contribution in [-0.2, 0) is 19.6 Å². The SMILES string of the molecule is COC(=O)CCS(=O)(=O)N1C2CCC1CC(N)C2. The zero-order valence-electron chi connectivity index (χ0n) is 10.5. The van der Waals surface area contributed by atoms with Crippen molar-refractivity contribution in [2.45, 2.75) is 50.2 Å². The summed E-state index contributed by atoms with van der Waals surface area (Å²) in [4.78, 5) is 11.0. The van der Waals surface area contributed by atoms with Crippen LogP contribution in [-0.4, -0.2) is 49.7 Å². The number of nitrogens with two attached hydrogens (primary N) is 1. The van der Waals surface area contributed by atoms with Gasteiger partial charge in [0.1, 0.15) is 0 Å². The van der Waals surface area contributed by atoms with E-state index in [1.807, 2.05) is 0 Å². The van der Waals surface area contributed by atoms with Crippen LogP contribution >= 0.6 is 0 Å². The Kier molecular flexibility index (Phi) is 3.93. The van der Waals surface area contributed by atoms with E-state index >= 15 is 0 Å². The van der Waals surface area contributed by atoms with Crippen molar-refractivity contribution >= 4 is 16.0 Å².